The Hall–Kier alpha value is -1.83. The van der Waals surface area contributed by atoms with Gasteiger partial charge < -0.3 is 9.94 Å². The third kappa shape index (κ3) is 2.34. The normalized spacial score (nSPS) is 22.9. The van der Waals surface area contributed by atoms with Crippen LogP contribution in [-0.4, -0.2) is 47.4 Å². The Labute approximate surface area is 85.6 Å². The lowest BCUT2D eigenvalue weighted by atomic mass is 10.2. The summed E-state index contributed by atoms with van der Waals surface area (Å²) in [5.41, 5.74) is 2.41. The van der Waals surface area contributed by atoms with E-state index in [0.29, 0.717) is 5.71 Å². The van der Waals surface area contributed by atoms with E-state index in [1.165, 1.54) is 7.11 Å². The van der Waals surface area contributed by atoms with Crippen LogP contribution in [0.15, 0.2) is 5.16 Å². The molecule has 2 amide bonds. The van der Waals surface area contributed by atoms with Gasteiger partial charge in [-0.15, -0.1) is 0 Å². The minimum atomic E-state index is -1.19. The quantitative estimate of drug-likeness (QED) is 0.302. The molecule has 0 unspecified atom stereocenters. The van der Waals surface area contributed by atoms with Crippen LogP contribution in [0, 0.1) is 0 Å². The van der Waals surface area contributed by atoms with Crippen molar-refractivity contribution in [3.05, 3.63) is 0 Å². The molecule has 1 heterocycles. The first-order valence-corrected chi connectivity index (χ1v) is 4.19. The van der Waals surface area contributed by atoms with Gasteiger partial charge in [0.25, 0.3) is 5.91 Å². The Kier molecular flexibility index (Phi) is 3.45. The molecule has 0 radical (unpaired) electrons. The van der Waals surface area contributed by atoms with Crippen LogP contribution >= 0.6 is 0 Å². The predicted molar refractivity (Wildman–Crippen MR) is 49.9 cm³/mol. The van der Waals surface area contributed by atoms with Crippen molar-refractivity contribution in [1.82, 2.24) is 10.3 Å². The first-order chi connectivity index (χ1) is 7.10. The fourth-order valence-electron chi connectivity index (χ4n) is 1.43. The van der Waals surface area contributed by atoms with Gasteiger partial charge in [0.1, 0.15) is 13.2 Å². The molecule has 1 atom stereocenters. The van der Waals surface area contributed by atoms with Gasteiger partial charge in [-0.05, 0) is 0 Å². The largest absolute Gasteiger partial charge is 0.465 e. The van der Waals surface area contributed by atoms with E-state index in [4.69, 9.17) is 10.9 Å². The number of rotatable bonds is 2. The third-order valence-corrected chi connectivity index (χ3v) is 2.07. The third-order valence-electron chi connectivity index (χ3n) is 2.07. The lowest BCUT2D eigenvalue weighted by Crippen LogP contribution is -2.47. The van der Waals surface area contributed by atoms with Gasteiger partial charge in [0.2, 0.25) is 0 Å². The van der Waals surface area contributed by atoms with Gasteiger partial charge in [0.05, 0.1) is 12.3 Å². The summed E-state index contributed by atoms with van der Waals surface area (Å²) in [5, 5.41) is 12.4. The summed E-state index contributed by atoms with van der Waals surface area (Å²) in [6.07, 6.45) is -0.992. The van der Waals surface area contributed by atoms with Crippen LogP contribution in [-0.2, 0) is 9.63 Å². The molecule has 0 aromatic heterocycles. The monoisotopic (exact) mass is 216 g/mol. The maximum Gasteiger partial charge on any atom is 0.408 e. The number of hydrogen-bond acceptors (Lipinski definition) is 5. The van der Waals surface area contributed by atoms with Crippen LogP contribution in [0.3, 0.4) is 0 Å². The van der Waals surface area contributed by atoms with Gasteiger partial charge in [-0.3, -0.25) is 15.1 Å². The Morgan fingerprint density at radius 2 is 2.40 bits per heavy atom. The molecular formula is C7H12N4O4. The second-order valence-corrected chi connectivity index (χ2v) is 2.98. The molecular weight excluding hydrogens is 204 g/mol. The van der Waals surface area contributed by atoms with Crippen LogP contribution in [0.1, 0.15) is 6.42 Å². The smallest absolute Gasteiger partial charge is 0.408 e. The number of likely N-dealkylation sites (tertiary alicyclic amines) is 1. The summed E-state index contributed by atoms with van der Waals surface area (Å²) in [6.45, 7) is 0.0568. The van der Waals surface area contributed by atoms with Crippen LogP contribution in [0.25, 0.3) is 0 Å². The number of nitrogens with zero attached hydrogens (tertiary/aromatic N) is 2. The number of carboxylic acid groups (broad SMARTS) is 1. The molecule has 0 spiro atoms. The maximum absolute atomic E-state index is 11.2. The summed E-state index contributed by atoms with van der Waals surface area (Å²) in [4.78, 5) is 27.5. The van der Waals surface area contributed by atoms with E-state index in [1.807, 2.05) is 5.43 Å². The molecule has 0 aromatic carbocycles. The van der Waals surface area contributed by atoms with Crippen molar-refractivity contribution >= 4 is 17.7 Å². The summed E-state index contributed by atoms with van der Waals surface area (Å²) in [7, 11) is 1.36. The van der Waals surface area contributed by atoms with Crippen molar-refractivity contribution in [2.24, 2.45) is 11.0 Å². The van der Waals surface area contributed by atoms with Gasteiger partial charge in [-0.25, -0.2) is 10.6 Å². The van der Waals surface area contributed by atoms with Crippen molar-refractivity contribution in [2.75, 3.05) is 13.7 Å². The first kappa shape index (κ1) is 11.2. The minimum absolute atomic E-state index is 0.0568. The second kappa shape index (κ2) is 4.60. The summed E-state index contributed by atoms with van der Waals surface area (Å²) in [5.74, 6) is 4.39. The molecule has 1 saturated heterocycles. The summed E-state index contributed by atoms with van der Waals surface area (Å²) >= 11 is 0. The summed E-state index contributed by atoms with van der Waals surface area (Å²) in [6, 6.07) is -0.832. The number of hydrazine groups is 1. The van der Waals surface area contributed by atoms with E-state index >= 15 is 0 Å². The number of carbonyl (C=O) groups is 2. The first-order valence-electron chi connectivity index (χ1n) is 4.19. The number of hydrogen-bond donors (Lipinski definition) is 3. The molecule has 8 nitrogen and oxygen atoms in total. The van der Waals surface area contributed by atoms with E-state index in [9.17, 15) is 9.59 Å². The van der Waals surface area contributed by atoms with E-state index in [2.05, 4.69) is 9.99 Å². The number of oxime groups is 1. The van der Waals surface area contributed by atoms with Crippen molar-refractivity contribution in [3.8, 4) is 0 Å². The average Bonchev–Trinajstić information content (AvgIpc) is 2.61. The fraction of sp³-hybridized carbons (Fsp3) is 0.571. The Balaban J connectivity index is 2.81. The molecule has 0 aromatic rings. The van der Waals surface area contributed by atoms with E-state index in [1.54, 1.807) is 0 Å². The SMILES string of the molecule is CON=C1C[C@@H](C(=O)NN)N(C(=O)O)C1. The van der Waals surface area contributed by atoms with Gasteiger partial charge in [-0.1, -0.05) is 5.16 Å². The average molecular weight is 216 g/mol. The molecule has 84 valence electrons. The Bertz CT molecular complexity index is 303. The summed E-state index contributed by atoms with van der Waals surface area (Å²) < 4.78 is 0. The van der Waals surface area contributed by atoms with Crippen molar-refractivity contribution in [3.63, 3.8) is 0 Å². The van der Waals surface area contributed by atoms with E-state index < -0.39 is 18.0 Å². The van der Waals surface area contributed by atoms with E-state index in [-0.39, 0.29) is 13.0 Å². The molecule has 0 aliphatic carbocycles. The molecule has 4 N–H and O–H groups in total. The maximum atomic E-state index is 11.2. The van der Waals surface area contributed by atoms with Gasteiger partial charge >= 0.3 is 6.09 Å². The lowest BCUT2D eigenvalue weighted by molar-refractivity contribution is -0.125. The van der Waals surface area contributed by atoms with Crippen LogP contribution in [0.5, 0.6) is 0 Å². The zero-order valence-corrected chi connectivity index (χ0v) is 8.14. The molecule has 0 bridgehead atoms. The number of amides is 2. The molecule has 15 heavy (non-hydrogen) atoms. The molecule has 1 aliphatic rings. The number of nitrogens with two attached hydrogens (primary N) is 1. The zero-order chi connectivity index (χ0) is 11.4. The highest BCUT2D eigenvalue weighted by Gasteiger charge is 2.37. The second-order valence-electron chi connectivity index (χ2n) is 2.98. The zero-order valence-electron chi connectivity index (χ0n) is 8.14. The van der Waals surface area contributed by atoms with Crippen LogP contribution < -0.4 is 11.3 Å². The molecule has 1 fully saturated rings. The van der Waals surface area contributed by atoms with E-state index in [0.717, 1.165) is 4.90 Å². The topological polar surface area (TPSA) is 117 Å². The highest BCUT2D eigenvalue weighted by molar-refractivity contribution is 5.99. The molecule has 1 rings (SSSR count). The number of carbonyl (C=O) groups excluding carboxylic acids is 1. The van der Waals surface area contributed by atoms with Gasteiger partial charge in [0, 0.05) is 6.42 Å². The standard InChI is InChI=1S/C7H12N4O4/c1-15-10-4-2-5(6(12)9-8)11(3-4)7(13)14/h5H,2-3,8H2,1H3,(H,9,12)(H,13,14)/t5-/m0/s1. The predicted octanol–water partition coefficient (Wildman–Crippen LogP) is -1.27. The molecule has 1 aliphatic heterocycles. The van der Waals surface area contributed by atoms with Crippen LogP contribution in [0.2, 0.25) is 0 Å². The Morgan fingerprint density at radius 3 is 2.87 bits per heavy atom. The van der Waals surface area contributed by atoms with Gasteiger partial charge in [0.15, 0.2) is 0 Å². The van der Waals surface area contributed by atoms with Crippen molar-refractivity contribution < 1.29 is 19.5 Å². The van der Waals surface area contributed by atoms with Crippen molar-refractivity contribution in [1.29, 1.82) is 0 Å². The van der Waals surface area contributed by atoms with Gasteiger partial charge in [-0.2, -0.15) is 0 Å². The molecule has 0 saturated carbocycles. The van der Waals surface area contributed by atoms with Crippen LogP contribution in [0.4, 0.5) is 4.79 Å². The Morgan fingerprint density at radius 1 is 1.73 bits per heavy atom. The highest BCUT2D eigenvalue weighted by Crippen LogP contribution is 2.15. The van der Waals surface area contributed by atoms with Crippen molar-refractivity contribution in [2.45, 2.75) is 12.5 Å². The fourth-order valence-corrected chi connectivity index (χ4v) is 1.43. The number of nitrogens with one attached hydrogen (secondary N) is 1. The minimum Gasteiger partial charge on any atom is -0.465 e. The highest BCUT2D eigenvalue weighted by atomic mass is 16.6. The lowest BCUT2D eigenvalue weighted by Gasteiger charge is -2.18. The molecule has 8 heteroatoms.